The van der Waals surface area contributed by atoms with Crippen molar-refractivity contribution < 1.29 is 9.90 Å². The van der Waals surface area contributed by atoms with Gasteiger partial charge in [0.2, 0.25) is 0 Å². The SMILES string of the molecule is CC(CCC(=O)O)N1CCCC(C)(C)C1. The first kappa shape index (κ1) is 12.5. The lowest BCUT2D eigenvalue weighted by Gasteiger charge is -2.41. The molecular weight excluding hydrogens is 190 g/mol. The van der Waals surface area contributed by atoms with E-state index in [1.807, 2.05) is 0 Å². The maximum absolute atomic E-state index is 10.5. The second-order valence-corrected chi connectivity index (χ2v) is 5.52. The van der Waals surface area contributed by atoms with Gasteiger partial charge in [-0.15, -0.1) is 0 Å². The minimum atomic E-state index is -0.682. The molecule has 1 rings (SSSR count). The highest BCUT2D eigenvalue weighted by atomic mass is 16.4. The molecule has 0 spiro atoms. The van der Waals surface area contributed by atoms with E-state index >= 15 is 0 Å². The first-order valence-corrected chi connectivity index (χ1v) is 5.86. The maximum Gasteiger partial charge on any atom is 0.303 e. The van der Waals surface area contributed by atoms with Crippen LogP contribution in [-0.4, -0.2) is 35.1 Å². The lowest BCUT2D eigenvalue weighted by molar-refractivity contribution is -0.137. The Labute approximate surface area is 92.5 Å². The van der Waals surface area contributed by atoms with Crippen molar-refractivity contribution >= 4 is 5.97 Å². The smallest absolute Gasteiger partial charge is 0.303 e. The van der Waals surface area contributed by atoms with Gasteiger partial charge in [-0.3, -0.25) is 4.79 Å². The standard InChI is InChI=1S/C12H23NO2/c1-10(5-6-11(14)15)13-8-4-7-12(2,3)9-13/h10H,4-9H2,1-3H3,(H,14,15). The van der Waals surface area contributed by atoms with Gasteiger partial charge in [0.25, 0.3) is 0 Å². The number of hydrogen-bond donors (Lipinski definition) is 1. The number of hydrogen-bond acceptors (Lipinski definition) is 2. The number of carboxylic acids is 1. The monoisotopic (exact) mass is 213 g/mol. The first-order valence-electron chi connectivity index (χ1n) is 5.86. The van der Waals surface area contributed by atoms with E-state index in [2.05, 4.69) is 25.7 Å². The van der Waals surface area contributed by atoms with E-state index in [4.69, 9.17) is 5.11 Å². The molecule has 1 saturated heterocycles. The summed E-state index contributed by atoms with van der Waals surface area (Å²) in [4.78, 5) is 12.9. The molecule has 15 heavy (non-hydrogen) atoms. The van der Waals surface area contributed by atoms with Gasteiger partial charge in [-0.1, -0.05) is 13.8 Å². The summed E-state index contributed by atoms with van der Waals surface area (Å²) in [6, 6.07) is 0.403. The number of rotatable bonds is 4. The summed E-state index contributed by atoms with van der Waals surface area (Å²) in [7, 11) is 0. The average Bonchev–Trinajstić information content (AvgIpc) is 2.12. The summed E-state index contributed by atoms with van der Waals surface area (Å²) in [5.41, 5.74) is 0.399. The van der Waals surface area contributed by atoms with Crippen LogP contribution in [0.2, 0.25) is 0 Å². The Balaban J connectivity index is 2.38. The Hall–Kier alpha value is -0.570. The van der Waals surface area contributed by atoms with Gasteiger partial charge >= 0.3 is 5.97 Å². The summed E-state index contributed by atoms with van der Waals surface area (Å²) < 4.78 is 0. The second kappa shape index (κ2) is 4.97. The van der Waals surface area contributed by atoms with E-state index < -0.39 is 5.97 Å². The molecule has 1 unspecified atom stereocenters. The van der Waals surface area contributed by atoms with Crippen LogP contribution >= 0.6 is 0 Å². The van der Waals surface area contributed by atoms with E-state index in [-0.39, 0.29) is 6.42 Å². The molecule has 0 aliphatic carbocycles. The molecule has 0 amide bonds. The normalized spacial score (nSPS) is 23.7. The quantitative estimate of drug-likeness (QED) is 0.779. The van der Waals surface area contributed by atoms with Crippen LogP contribution in [0.5, 0.6) is 0 Å². The van der Waals surface area contributed by atoms with Crippen molar-refractivity contribution in [3.63, 3.8) is 0 Å². The molecule has 3 nitrogen and oxygen atoms in total. The fourth-order valence-corrected chi connectivity index (χ4v) is 2.36. The molecule has 0 saturated carbocycles. The Kier molecular flexibility index (Phi) is 4.14. The number of carboxylic acid groups (broad SMARTS) is 1. The second-order valence-electron chi connectivity index (χ2n) is 5.52. The number of nitrogens with zero attached hydrogens (tertiary/aromatic N) is 1. The first-order chi connectivity index (χ1) is 6.91. The van der Waals surface area contributed by atoms with Crippen LogP contribution in [-0.2, 0) is 4.79 Å². The van der Waals surface area contributed by atoms with Crippen molar-refractivity contribution in [3.05, 3.63) is 0 Å². The van der Waals surface area contributed by atoms with Gasteiger partial charge in [-0.2, -0.15) is 0 Å². The van der Waals surface area contributed by atoms with Crippen LogP contribution < -0.4 is 0 Å². The van der Waals surface area contributed by atoms with Crippen LogP contribution in [0.25, 0.3) is 0 Å². The zero-order valence-corrected chi connectivity index (χ0v) is 10.1. The summed E-state index contributed by atoms with van der Waals surface area (Å²) in [6.07, 6.45) is 3.59. The molecule has 1 fully saturated rings. The molecule has 0 bridgehead atoms. The van der Waals surface area contributed by atoms with Crippen LogP contribution in [0.4, 0.5) is 0 Å². The molecule has 0 aromatic heterocycles. The van der Waals surface area contributed by atoms with Crippen LogP contribution in [0.3, 0.4) is 0 Å². The number of likely N-dealkylation sites (tertiary alicyclic amines) is 1. The number of carbonyl (C=O) groups is 1. The topological polar surface area (TPSA) is 40.5 Å². The van der Waals surface area contributed by atoms with Gasteiger partial charge in [0.05, 0.1) is 0 Å². The molecule has 1 atom stereocenters. The molecule has 1 N–H and O–H groups in total. The number of piperidine rings is 1. The molecular formula is C12H23NO2. The van der Waals surface area contributed by atoms with Gasteiger partial charge in [0.1, 0.15) is 0 Å². The van der Waals surface area contributed by atoms with E-state index in [1.54, 1.807) is 0 Å². The van der Waals surface area contributed by atoms with E-state index in [0.717, 1.165) is 19.5 Å². The Morgan fingerprint density at radius 2 is 2.20 bits per heavy atom. The molecule has 0 aromatic carbocycles. The lowest BCUT2D eigenvalue weighted by atomic mass is 9.83. The zero-order chi connectivity index (χ0) is 11.5. The third-order valence-electron chi connectivity index (χ3n) is 3.33. The van der Waals surface area contributed by atoms with Crippen molar-refractivity contribution in [2.24, 2.45) is 5.41 Å². The molecule has 1 aliphatic heterocycles. The highest BCUT2D eigenvalue weighted by Crippen LogP contribution is 2.30. The summed E-state index contributed by atoms with van der Waals surface area (Å²) in [5, 5.41) is 8.64. The Bertz CT molecular complexity index is 226. The summed E-state index contributed by atoms with van der Waals surface area (Å²) in [5.74, 6) is -0.682. The minimum absolute atomic E-state index is 0.290. The highest BCUT2D eigenvalue weighted by molar-refractivity contribution is 5.66. The fraction of sp³-hybridized carbons (Fsp3) is 0.917. The van der Waals surface area contributed by atoms with Crippen molar-refractivity contribution in [2.45, 2.75) is 52.5 Å². The third-order valence-corrected chi connectivity index (χ3v) is 3.33. The number of aliphatic carboxylic acids is 1. The van der Waals surface area contributed by atoms with Crippen LogP contribution in [0.1, 0.15) is 46.5 Å². The summed E-state index contributed by atoms with van der Waals surface area (Å²) >= 11 is 0. The molecule has 0 radical (unpaired) electrons. The predicted octanol–water partition coefficient (Wildman–Crippen LogP) is 2.36. The fourth-order valence-electron chi connectivity index (χ4n) is 2.36. The zero-order valence-electron chi connectivity index (χ0n) is 10.1. The lowest BCUT2D eigenvalue weighted by Crippen LogP contribution is -2.44. The predicted molar refractivity (Wildman–Crippen MR) is 60.9 cm³/mol. The van der Waals surface area contributed by atoms with Crippen LogP contribution in [0, 0.1) is 5.41 Å². The molecule has 1 heterocycles. The minimum Gasteiger partial charge on any atom is -0.481 e. The van der Waals surface area contributed by atoms with Gasteiger partial charge in [0, 0.05) is 19.0 Å². The largest absolute Gasteiger partial charge is 0.481 e. The van der Waals surface area contributed by atoms with Crippen molar-refractivity contribution in [2.75, 3.05) is 13.1 Å². The van der Waals surface area contributed by atoms with Gasteiger partial charge < -0.3 is 10.0 Å². The van der Waals surface area contributed by atoms with Crippen molar-refractivity contribution in [1.82, 2.24) is 4.90 Å². The van der Waals surface area contributed by atoms with Gasteiger partial charge in [-0.05, 0) is 38.1 Å². The van der Waals surface area contributed by atoms with Crippen LogP contribution in [0.15, 0.2) is 0 Å². The van der Waals surface area contributed by atoms with E-state index in [1.165, 1.54) is 12.8 Å². The van der Waals surface area contributed by atoms with Gasteiger partial charge in [-0.25, -0.2) is 0 Å². The highest BCUT2D eigenvalue weighted by Gasteiger charge is 2.28. The molecule has 1 aliphatic rings. The van der Waals surface area contributed by atoms with E-state index in [0.29, 0.717) is 11.5 Å². The van der Waals surface area contributed by atoms with Crippen molar-refractivity contribution in [3.8, 4) is 0 Å². The molecule has 3 heteroatoms. The molecule has 88 valence electrons. The van der Waals surface area contributed by atoms with Gasteiger partial charge in [0.15, 0.2) is 0 Å². The Morgan fingerprint density at radius 3 is 2.73 bits per heavy atom. The third kappa shape index (κ3) is 4.20. The average molecular weight is 213 g/mol. The molecule has 0 aromatic rings. The summed E-state index contributed by atoms with van der Waals surface area (Å²) in [6.45, 7) is 8.97. The maximum atomic E-state index is 10.5. The Morgan fingerprint density at radius 1 is 1.53 bits per heavy atom. The van der Waals surface area contributed by atoms with Crippen molar-refractivity contribution in [1.29, 1.82) is 0 Å². The van der Waals surface area contributed by atoms with E-state index in [9.17, 15) is 4.79 Å².